The van der Waals surface area contributed by atoms with Crippen molar-refractivity contribution in [3.8, 4) is 5.75 Å². The molecule has 1 fully saturated rings. The van der Waals surface area contributed by atoms with Crippen molar-refractivity contribution in [1.29, 1.82) is 0 Å². The zero-order valence-corrected chi connectivity index (χ0v) is 11.2. The first-order valence-electron chi connectivity index (χ1n) is 6.77. The average Bonchev–Trinajstić information content (AvgIpc) is 3.19. The summed E-state index contributed by atoms with van der Waals surface area (Å²) in [5, 5.41) is 0. The summed E-state index contributed by atoms with van der Waals surface area (Å²) in [6.07, 6.45) is 4.45. The van der Waals surface area contributed by atoms with E-state index >= 15 is 0 Å². The van der Waals surface area contributed by atoms with Gasteiger partial charge in [0.25, 0.3) is 0 Å². The minimum Gasteiger partial charge on any atom is -0.493 e. The molecule has 0 unspecified atom stereocenters. The van der Waals surface area contributed by atoms with E-state index in [-0.39, 0.29) is 0 Å². The van der Waals surface area contributed by atoms with Crippen molar-refractivity contribution >= 4 is 0 Å². The lowest BCUT2D eigenvalue weighted by atomic mass is 10.0. The van der Waals surface area contributed by atoms with Crippen molar-refractivity contribution in [3.05, 3.63) is 29.3 Å². The lowest BCUT2D eigenvalue weighted by Crippen LogP contribution is -2.08. The molecule has 0 amide bonds. The van der Waals surface area contributed by atoms with Crippen molar-refractivity contribution in [3.63, 3.8) is 0 Å². The van der Waals surface area contributed by atoms with Crippen molar-refractivity contribution in [2.75, 3.05) is 26.9 Å². The summed E-state index contributed by atoms with van der Waals surface area (Å²) in [5.41, 5.74) is 8.19. The Bertz CT molecular complexity index is 375. The van der Waals surface area contributed by atoms with Crippen LogP contribution in [0.5, 0.6) is 5.75 Å². The molecule has 0 spiro atoms. The Balaban J connectivity index is 2.01. The molecular formula is C15H23NO2. The van der Waals surface area contributed by atoms with Crippen LogP contribution in [-0.4, -0.2) is 26.9 Å². The third kappa shape index (κ3) is 4.00. The summed E-state index contributed by atoms with van der Waals surface area (Å²) in [6, 6.07) is 6.41. The largest absolute Gasteiger partial charge is 0.493 e. The summed E-state index contributed by atoms with van der Waals surface area (Å²) in [5.74, 6) is 1.79. The molecule has 3 heteroatoms. The number of ether oxygens (including phenoxy) is 2. The molecule has 0 saturated heterocycles. The molecule has 0 aromatic heterocycles. The number of methoxy groups -OCH3 is 1. The van der Waals surface area contributed by atoms with E-state index in [0.29, 0.717) is 6.54 Å². The molecule has 100 valence electrons. The second-order valence-corrected chi connectivity index (χ2v) is 4.98. The number of benzene rings is 1. The minimum atomic E-state index is 0.660. The predicted octanol–water partition coefficient (Wildman–Crippen LogP) is 2.17. The fourth-order valence-corrected chi connectivity index (χ4v) is 1.99. The van der Waals surface area contributed by atoms with Gasteiger partial charge in [0.1, 0.15) is 5.75 Å². The highest BCUT2D eigenvalue weighted by molar-refractivity contribution is 5.37. The van der Waals surface area contributed by atoms with Crippen LogP contribution < -0.4 is 10.5 Å². The molecule has 3 nitrogen and oxygen atoms in total. The van der Waals surface area contributed by atoms with Crippen LogP contribution in [0.4, 0.5) is 0 Å². The van der Waals surface area contributed by atoms with Gasteiger partial charge < -0.3 is 15.2 Å². The monoisotopic (exact) mass is 249 g/mol. The lowest BCUT2D eigenvalue weighted by Gasteiger charge is -2.12. The highest BCUT2D eigenvalue weighted by Gasteiger charge is 2.22. The van der Waals surface area contributed by atoms with E-state index in [9.17, 15) is 0 Å². The van der Waals surface area contributed by atoms with Gasteiger partial charge >= 0.3 is 0 Å². The lowest BCUT2D eigenvalue weighted by molar-refractivity contribution is 0.202. The van der Waals surface area contributed by atoms with Crippen LogP contribution in [0.2, 0.25) is 0 Å². The molecule has 2 N–H and O–H groups in total. The van der Waals surface area contributed by atoms with E-state index in [1.807, 2.05) is 0 Å². The molecule has 1 aromatic carbocycles. The Kier molecular flexibility index (Phi) is 5.02. The topological polar surface area (TPSA) is 44.5 Å². The molecule has 0 bridgehead atoms. The summed E-state index contributed by atoms with van der Waals surface area (Å²) >= 11 is 0. The molecule has 0 radical (unpaired) electrons. The third-order valence-electron chi connectivity index (χ3n) is 3.30. The van der Waals surface area contributed by atoms with E-state index in [0.717, 1.165) is 37.7 Å². The van der Waals surface area contributed by atoms with Gasteiger partial charge in [-0.05, 0) is 55.3 Å². The second kappa shape index (κ2) is 6.76. The zero-order chi connectivity index (χ0) is 12.8. The molecule has 18 heavy (non-hydrogen) atoms. The fourth-order valence-electron chi connectivity index (χ4n) is 1.99. The first-order chi connectivity index (χ1) is 8.83. The number of hydrogen-bond acceptors (Lipinski definition) is 3. The normalized spacial score (nSPS) is 14.8. The molecule has 1 aliphatic rings. The van der Waals surface area contributed by atoms with Crippen molar-refractivity contribution in [2.24, 2.45) is 11.7 Å². The smallest absolute Gasteiger partial charge is 0.122 e. The van der Waals surface area contributed by atoms with Crippen molar-refractivity contribution in [2.45, 2.75) is 25.7 Å². The van der Waals surface area contributed by atoms with Crippen molar-refractivity contribution < 1.29 is 9.47 Å². The van der Waals surface area contributed by atoms with Gasteiger partial charge in [0.15, 0.2) is 0 Å². The highest BCUT2D eigenvalue weighted by atomic mass is 16.5. The van der Waals surface area contributed by atoms with E-state index in [1.54, 1.807) is 7.11 Å². The van der Waals surface area contributed by atoms with Gasteiger partial charge in [-0.2, -0.15) is 0 Å². The standard InChI is InChI=1S/C15H23NO2/c1-17-9-7-12-4-5-15(14(10-12)6-8-16)18-11-13-2-3-13/h4-5,10,13H,2-3,6-9,11,16H2,1H3. The molecular weight excluding hydrogens is 226 g/mol. The Morgan fingerprint density at radius 2 is 2.11 bits per heavy atom. The maximum atomic E-state index is 5.89. The van der Waals surface area contributed by atoms with Crippen LogP contribution >= 0.6 is 0 Å². The molecule has 1 saturated carbocycles. The minimum absolute atomic E-state index is 0.660. The first-order valence-corrected chi connectivity index (χ1v) is 6.77. The van der Waals surface area contributed by atoms with Crippen LogP contribution in [0.3, 0.4) is 0 Å². The van der Waals surface area contributed by atoms with Crippen LogP contribution in [0.25, 0.3) is 0 Å². The average molecular weight is 249 g/mol. The maximum absolute atomic E-state index is 5.89. The zero-order valence-electron chi connectivity index (χ0n) is 11.2. The van der Waals surface area contributed by atoms with Gasteiger partial charge in [0.2, 0.25) is 0 Å². The summed E-state index contributed by atoms with van der Waals surface area (Å²) in [7, 11) is 1.73. The Morgan fingerprint density at radius 1 is 1.28 bits per heavy atom. The van der Waals surface area contributed by atoms with Crippen LogP contribution in [0.15, 0.2) is 18.2 Å². The summed E-state index contributed by atoms with van der Waals surface area (Å²) in [6.45, 7) is 2.27. The highest BCUT2D eigenvalue weighted by Crippen LogP contribution is 2.30. The third-order valence-corrected chi connectivity index (χ3v) is 3.30. The number of nitrogens with two attached hydrogens (primary N) is 1. The summed E-state index contributed by atoms with van der Waals surface area (Å²) in [4.78, 5) is 0. The van der Waals surface area contributed by atoms with Gasteiger partial charge in [-0.3, -0.25) is 0 Å². The van der Waals surface area contributed by atoms with Gasteiger partial charge in [-0.15, -0.1) is 0 Å². The molecule has 2 rings (SSSR count). The first kappa shape index (κ1) is 13.4. The Hall–Kier alpha value is -1.06. The van der Waals surface area contributed by atoms with Gasteiger partial charge in [-0.25, -0.2) is 0 Å². The van der Waals surface area contributed by atoms with E-state index in [2.05, 4.69) is 18.2 Å². The quantitative estimate of drug-likeness (QED) is 0.768. The predicted molar refractivity (Wildman–Crippen MR) is 73.0 cm³/mol. The van der Waals surface area contributed by atoms with Crippen LogP contribution in [-0.2, 0) is 17.6 Å². The molecule has 0 atom stereocenters. The van der Waals surface area contributed by atoms with Gasteiger partial charge in [-0.1, -0.05) is 12.1 Å². The van der Waals surface area contributed by atoms with E-state index < -0.39 is 0 Å². The number of rotatable bonds is 8. The molecule has 0 heterocycles. The molecule has 0 aliphatic heterocycles. The molecule has 1 aliphatic carbocycles. The van der Waals surface area contributed by atoms with Crippen LogP contribution in [0, 0.1) is 5.92 Å². The van der Waals surface area contributed by atoms with Gasteiger partial charge in [0, 0.05) is 7.11 Å². The fraction of sp³-hybridized carbons (Fsp3) is 0.600. The molecule has 1 aromatic rings. The van der Waals surface area contributed by atoms with E-state index in [1.165, 1.54) is 24.0 Å². The Labute approximate surface area is 109 Å². The van der Waals surface area contributed by atoms with Gasteiger partial charge in [0.05, 0.1) is 13.2 Å². The SMILES string of the molecule is COCCc1ccc(OCC2CC2)c(CCN)c1. The Morgan fingerprint density at radius 3 is 2.78 bits per heavy atom. The van der Waals surface area contributed by atoms with Crippen LogP contribution in [0.1, 0.15) is 24.0 Å². The maximum Gasteiger partial charge on any atom is 0.122 e. The van der Waals surface area contributed by atoms with Crippen molar-refractivity contribution in [1.82, 2.24) is 0 Å². The second-order valence-electron chi connectivity index (χ2n) is 4.98. The summed E-state index contributed by atoms with van der Waals surface area (Å²) < 4.78 is 11.0. The van der Waals surface area contributed by atoms with E-state index in [4.69, 9.17) is 15.2 Å². The number of hydrogen-bond donors (Lipinski definition) is 1.